The van der Waals surface area contributed by atoms with Crippen LogP contribution in [0.4, 0.5) is 0 Å². The van der Waals surface area contributed by atoms with E-state index in [1.807, 2.05) is 6.20 Å². The molecule has 0 aliphatic carbocycles. The van der Waals surface area contributed by atoms with Crippen molar-refractivity contribution < 1.29 is 0 Å². The highest BCUT2D eigenvalue weighted by Crippen LogP contribution is 2.12. The summed E-state index contributed by atoms with van der Waals surface area (Å²) >= 11 is 1.32. The Morgan fingerprint density at radius 1 is 1.60 bits per heavy atom. The topological polar surface area (TPSA) is 62.8 Å². The molecular formula is C11H17N3S. The summed E-state index contributed by atoms with van der Waals surface area (Å²) in [6.45, 7) is 2.19. The molecule has 0 aliphatic heterocycles. The van der Waals surface area contributed by atoms with Gasteiger partial charge in [0.25, 0.3) is 0 Å². The van der Waals surface area contributed by atoms with Crippen molar-refractivity contribution in [3.8, 4) is 0 Å². The number of nitrogens with two attached hydrogens (primary N) is 1. The van der Waals surface area contributed by atoms with Crippen LogP contribution in [0.1, 0.15) is 31.0 Å². The van der Waals surface area contributed by atoms with Crippen molar-refractivity contribution in [2.45, 2.75) is 31.9 Å². The first-order valence-electron chi connectivity index (χ1n) is 5.13. The number of nitrogens with zero attached hydrogens (tertiary/aromatic N) is 1. The van der Waals surface area contributed by atoms with Crippen LogP contribution < -0.4 is 5.73 Å². The number of nitrogens with one attached hydrogen (secondary N) is 1. The SMILES string of the molecule is CCCCc1ccnc(CSC(=N)N)c1. The molecule has 0 saturated heterocycles. The molecule has 3 N–H and O–H groups in total. The number of amidine groups is 1. The van der Waals surface area contributed by atoms with Gasteiger partial charge in [-0.15, -0.1) is 0 Å². The van der Waals surface area contributed by atoms with Gasteiger partial charge in [-0.1, -0.05) is 25.1 Å². The fourth-order valence-corrected chi connectivity index (χ4v) is 1.76. The minimum absolute atomic E-state index is 0.149. The van der Waals surface area contributed by atoms with Crippen LogP contribution in [0.15, 0.2) is 18.3 Å². The lowest BCUT2D eigenvalue weighted by Crippen LogP contribution is -2.04. The van der Waals surface area contributed by atoms with E-state index in [0.29, 0.717) is 5.75 Å². The molecule has 0 spiro atoms. The summed E-state index contributed by atoms with van der Waals surface area (Å²) in [6, 6.07) is 4.16. The van der Waals surface area contributed by atoms with Crippen LogP contribution in [0.3, 0.4) is 0 Å². The number of rotatable bonds is 5. The first kappa shape index (κ1) is 12.0. The van der Waals surface area contributed by atoms with Crippen LogP contribution >= 0.6 is 11.8 Å². The minimum Gasteiger partial charge on any atom is -0.379 e. The molecule has 15 heavy (non-hydrogen) atoms. The second kappa shape index (κ2) is 6.45. The Hall–Kier alpha value is -1.03. The number of thioether (sulfide) groups is 1. The van der Waals surface area contributed by atoms with Crippen LogP contribution in [-0.4, -0.2) is 10.2 Å². The standard InChI is InChI=1S/C11H17N3S/c1-2-3-4-9-5-6-14-10(7-9)8-15-11(12)13/h5-7H,2-4,8H2,1H3,(H3,12,13). The fourth-order valence-electron chi connectivity index (χ4n) is 1.30. The number of aromatic nitrogens is 1. The van der Waals surface area contributed by atoms with Gasteiger partial charge in [0.2, 0.25) is 0 Å². The predicted octanol–water partition coefficient (Wildman–Crippen LogP) is 2.55. The summed E-state index contributed by atoms with van der Waals surface area (Å²) < 4.78 is 0. The molecule has 82 valence electrons. The molecule has 1 rings (SSSR count). The van der Waals surface area contributed by atoms with Crippen molar-refractivity contribution in [3.63, 3.8) is 0 Å². The molecule has 4 heteroatoms. The zero-order chi connectivity index (χ0) is 11.1. The number of hydrogen-bond donors (Lipinski definition) is 2. The van der Waals surface area contributed by atoms with Crippen LogP contribution in [0.5, 0.6) is 0 Å². The molecule has 0 unspecified atom stereocenters. The molecule has 0 bridgehead atoms. The molecular weight excluding hydrogens is 206 g/mol. The van der Waals surface area contributed by atoms with Crippen LogP contribution in [0.2, 0.25) is 0 Å². The van der Waals surface area contributed by atoms with E-state index in [-0.39, 0.29) is 5.17 Å². The summed E-state index contributed by atoms with van der Waals surface area (Å²) in [6.07, 6.45) is 5.36. The molecule has 0 aliphatic rings. The Morgan fingerprint density at radius 3 is 3.07 bits per heavy atom. The highest BCUT2D eigenvalue weighted by Gasteiger charge is 1.99. The zero-order valence-electron chi connectivity index (χ0n) is 8.99. The van der Waals surface area contributed by atoms with Crippen LogP contribution in [0, 0.1) is 5.41 Å². The Labute approximate surface area is 95.0 Å². The van der Waals surface area contributed by atoms with Crippen LogP contribution in [-0.2, 0) is 12.2 Å². The average molecular weight is 223 g/mol. The number of hydrogen-bond acceptors (Lipinski definition) is 3. The van der Waals surface area contributed by atoms with Crippen molar-refractivity contribution in [2.24, 2.45) is 5.73 Å². The lowest BCUT2D eigenvalue weighted by Gasteiger charge is -2.03. The summed E-state index contributed by atoms with van der Waals surface area (Å²) in [5.41, 5.74) is 7.61. The van der Waals surface area contributed by atoms with Crippen molar-refractivity contribution in [2.75, 3.05) is 0 Å². The predicted molar refractivity (Wildman–Crippen MR) is 66.1 cm³/mol. The van der Waals surface area contributed by atoms with Crippen LogP contribution in [0.25, 0.3) is 0 Å². The Morgan fingerprint density at radius 2 is 2.40 bits per heavy atom. The lowest BCUT2D eigenvalue weighted by molar-refractivity contribution is 0.792. The number of pyridine rings is 1. The highest BCUT2D eigenvalue weighted by atomic mass is 32.2. The van der Waals surface area contributed by atoms with Gasteiger partial charge in [0.05, 0.1) is 5.69 Å². The summed E-state index contributed by atoms with van der Waals surface area (Å²) in [5.74, 6) is 0.690. The summed E-state index contributed by atoms with van der Waals surface area (Å²) in [7, 11) is 0. The molecule has 0 saturated carbocycles. The van der Waals surface area contributed by atoms with Gasteiger partial charge < -0.3 is 5.73 Å². The molecule has 1 aromatic heterocycles. The van der Waals surface area contributed by atoms with Crippen molar-refractivity contribution in [1.82, 2.24) is 4.98 Å². The van der Waals surface area contributed by atoms with E-state index in [4.69, 9.17) is 11.1 Å². The maximum Gasteiger partial charge on any atom is 0.151 e. The average Bonchev–Trinajstić information content (AvgIpc) is 2.24. The van der Waals surface area contributed by atoms with Gasteiger partial charge in [-0.3, -0.25) is 10.4 Å². The van der Waals surface area contributed by atoms with E-state index < -0.39 is 0 Å². The lowest BCUT2D eigenvalue weighted by atomic mass is 10.1. The molecule has 0 atom stereocenters. The Bertz CT molecular complexity index is 325. The third kappa shape index (κ3) is 4.83. The van der Waals surface area contributed by atoms with Crippen molar-refractivity contribution >= 4 is 16.9 Å². The van der Waals surface area contributed by atoms with Gasteiger partial charge in [0.1, 0.15) is 0 Å². The minimum atomic E-state index is 0.149. The zero-order valence-corrected chi connectivity index (χ0v) is 9.81. The van der Waals surface area contributed by atoms with Crippen molar-refractivity contribution in [3.05, 3.63) is 29.6 Å². The third-order valence-electron chi connectivity index (χ3n) is 2.08. The van der Waals surface area contributed by atoms with E-state index in [0.717, 1.165) is 12.1 Å². The monoisotopic (exact) mass is 223 g/mol. The van der Waals surface area contributed by atoms with Crippen molar-refractivity contribution in [1.29, 1.82) is 5.41 Å². The second-order valence-electron chi connectivity index (χ2n) is 3.41. The maximum absolute atomic E-state index is 7.12. The molecule has 3 nitrogen and oxygen atoms in total. The quantitative estimate of drug-likeness (QED) is 0.595. The molecule has 0 amide bonds. The summed E-state index contributed by atoms with van der Waals surface area (Å²) in [5, 5.41) is 7.27. The van der Waals surface area contributed by atoms with E-state index >= 15 is 0 Å². The van der Waals surface area contributed by atoms with E-state index in [1.165, 1.54) is 30.2 Å². The van der Waals surface area contributed by atoms with E-state index in [9.17, 15) is 0 Å². The van der Waals surface area contributed by atoms with E-state index in [1.54, 1.807) is 0 Å². The van der Waals surface area contributed by atoms with Gasteiger partial charge in [-0.05, 0) is 30.5 Å². The van der Waals surface area contributed by atoms with Gasteiger partial charge in [0, 0.05) is 11.9 Å². The highest BCUT2D eigenvalue weighted by molar-refractivity contribution is 8.13. The normalized spacial score (nSPS) is 10.2. The molecule has 1 aromatic rings. The molecule has 1 heterocycles. The molecule has 0 radical (unpaired) electrons. The smallest absolute Gasteiger partial charge is 0.151 e. The Kier molecular flexibility index (Phi) is 5.18. The van der Waals surface area contributed by atoms with E-state index in [2.05, 4.69) is 24.0 Å². The van der Waals surface area contributed by atoms with Gasteiger partial charge in [0.15, 0.2) is 5.17 Å². The first-order valence-corrected chi connectivity index (χ1v) is 6.11. The largest absolute Gasteiger partial charge is 0.379 e. The summed E-state index contributed by atoms with van der Waals surface area (Å²) in [4.78, 5) is 4.25. The number of unbranched alkanes of at least 4 members (excludes halogenated alkanes) is 1. The maximum atomic E-state index is 7.12. The van der Waals surface area contributed by atoms with Gasteiger partial charge in [-0.25, -0.2) is 0 Å². The second-order valence-corrected chi connectivity index (χ2v) is 4.43. The van der Waals surface area contributed by atoms with Gasteiger partial charge in [-0.2, -0.15) is 0 Å². The first-order chi connectivity index (χ1) is 7.22. The Balaban J connectivity index is 2.53. The molecule has 0 aromatic carbocycles. The fraction of sp³-hybridized carbons (Fsp3) is 0.455. The molecule has 0 fully saturated rings. The number of aryl methyl sites for hydroxylation is 1. The third-order valence-corrected chi connectivity index (χ3v) is 2.83. The van der Waals surface area contributed by atoms with Gasteiger partial charge >= 0.3 is 0 Å².